The lowest BCUT2D eigenvalue weighted by Gasteiger charge is -2.27. The molecule has 3 rings (SSSR count). The number of aliphatic hydroxyl groups is 1. The van der Waals surface area contributed by atoms with Gasteiger partial charge in [0, 0.05) is 24.2 Å². The van der Waals surface area contributed by atoms with Crippen molar-refractivity contribution in [1.29, 1.82) is 0 Å². The minimum absolute atomic E-state index is 0.0387. The van der Waals surface area contributed by atoms with Crippen LogP contribution in [0.15, 0.2) is 54.1 Å². The monoisotopic (exact) mass is 507 g/mol. The molecule has 1 atom stereocenters. The number of Topliss-reactive ketones (excluding diaryl/α,β-unsaturated/α-hetero) is 1. The van der Waals surface area contributed by atoms with Crippen molar-refractivity contribution < 1.29 is 19.6 Å². The molecule has 0 bridgehead atoms. The average molecular weight is 508 g/mol. The first kappa shape index (κ1) is 28.1. The van der Waals surface area contributed by atoms with Gasteiger partial charge in [-0.15, -0.1) is 0 Å². The maximum atomic E-state index is 13.2. The third kappa shape index (κ3) is 6.83. The van der Waals surface area contributed by atoms with E-state index in [0.717, 1.165) is 50.9 Å². The molecule has 0 aromatic heterocycles. The molecule has 1 amide bonds. The summed E-state index contributed by atoms with van der Waals surface area (Å²) in [6.45, 7) is 9.28. The van der Waals surface area contributed by atoms with Crippen molar-refractivity contribution in [2.24, 2.45) is 0 Å². The number of nitrogens with zero attached hydrogens (tertiary/aromatic N) is 3. The van der Waals surface area contributed by atoms with Crippen molar-refractivity contribution in [1.82, 2.24) is 9.80 Å². The predicted molar refractivity (Wildman–Crippen MR) is 144 cm³/mol. The molecule has 0 aliphatic carbocycles. The summed E-state index contributed by atoms with van der Waals surface area (Å²) in [4.78, 5) is 41.2. The standard InChI is InChI=1S/C29H37N3O5/c1-4-6-16-30(17-7-5-2)18-9-19-31-26(23-10-8-11-24(20-23)32(36)37)25(28(34)29(31)35)27(33)22-14-12-21(3)13-15-22/h8,10-15,20,26,33H,4-7,9,16-19H2,1-3H3/b27-25-. The summed E-state index contributed by atoms with van der Waals surface area (Å²) in [5.74, 6) is -1.74. The number of non-ortho nitro benzene ring substituents is 1. The molecule has 1 N–H and O–H groups in total. The number of nitro groups is 1. The van der Waals surface area contributed by atoms with Gasteiger partial charge in [0.2, 0.25) is 0 Å². The number of nitro benzene ring substituents is 1. The topological polar surface area (TPSA) is 104 Å². The molecule has 2 aromatic carbocycles. The van der Waals surface area contributed by atoms with E-state index in [0.29, 0.717) is 24.1 Å². The molecule has 1 aliphatic rings. The number of hydrogen-bond donors (Lipinski definition) is 1. The number of hydrogen-bond acceptors (Lipinski definition) is 6. The van der Waals surface area contributed by atoms with Crippen molar-refractivity contribution in [3.63, 3.8) is 0 Å². The molecule has 1 aliphatic heterocycles. The summed E-state index contributed by atoms with van der Waals surface area (Å²) < 4.78 is 0. The lowest BCUT2D eigenvalue weighted by atomic mass is 9.94. The number of likely N-dealkylation sites (tertiary alicyclic amines) is 1. The van der Waals surface area contributed by atoms with Crippen LogP contribution in [-0.2, 0) is 9.59 Å². The quantitative estimate of drug-likeness (QED) is 0.124. The average Bonchev–Trinajstić information content (AvgIpc) is 3.15. The third-order valence-electron chi connectivity index (χ3n) is 6.79. The summed E-state index contributed by atoms with van der Waals surface area (Å²) in [6, 6.07) is 12.1. The second-order valence-corrected chi connectivity index (χ2v) is 9.61. The van der Waals surface area contributed by atoms with E-state index in [-0.39, 0.29) is 17.0 Å². The highest BCUT2D eigenvalue weighted by atomic mass is 16.6. The highest BCUT2D eigenvalue weighted by Crippen LogP contribution is 2.40. The number of carbonyl (C=O) groups is 2. The van der Waals surface area contributed by atoms with Crippen molar-refractivity contribution in [3.05, 3.63) is 80.9 Å². The van der Waals surface area contributed by atoms with E-state index in [4.69, 9.17) is 0 Å². The molecule has 2 aromatic rings. The number of amides is 1. The molecule has 8 nitrogen and oxygen atoms in total. The minimum Gasteiger partial charge on any atom is -0.507 e. The van der Waals surface area contributed by atoms with Gasteiger partial charge >= 0.3 is 0 Å². The van der Waals surface area contributed by atoms with E-state index in [2.05, 4.69) is 18.7 Å². The molecule has 1 unspecified atom stereocenters. The molecule has 8 heteroatoms. The van der Waals surface area contributed by atoms with Gasteiger partial charge in [-0.3, -0.25) is 19.7 Å². The number of aryl methyl sites for hydroxylation is 1. The fourth-order valence-electron chi connectivity index (χ4n) is 4.70. The lowest BCUT2D eigenvalue weighted by Crippen LogP contribution is -2.34. The Kier molecular flexibility index (Phi) is 9.97. The smallest absolute Gasteiger partial charge is 0.295 e. The molecule has 1 fully saturated rings. The van der Waals surface area contributed by atoms with E-state index < -0.39 is 22.7 Å². The molecular weight excluding hydrogens is 470 g/mol. The van der Waals surface area contributed by atoms with Crippen LogP contribution in [0.1, 0.15) is 68.7 Å². The Balaban J connectivity index is 1.96. The summed E-state index contributed by atoms with van der Waals surface area (Å²) in [5.41, 5.74) is 1.66. The van der Waals surface area contributed by atoms with Crippen LogP contribution in [0.4, 0.5) is 5.69 Å². The summed E-state index contributed by atoms with van der Waals surface area (Å²) in [6.07, 6.45) is 5.04. The first-order valence-electron chi connectivity index (χ1n) is 13.1. The molecule has 198 valence electrons. The van der Waals surface area contributed by atoms with Crippen LogP contribution in [-0.4, -0.2) is 57.7 Å². The van der Waals surface area contributed by atoms with E-state index in [9.17, 15) is 24.8 Å². The Morgan fingerprint density at radius 2 is 1.62 bits per heavy atom. The minimum atomic E-state index is -0.902. The van der Waals surface area contributed by atoms with Gasteiger partial charge in [0.25, 0.3) is 17.4 Å². The normalized spacial score (nSPS) is 17.1. The Hall–Kier alpha value is -3.52. The van der Waals surface area contributed by atoms with Crippen LogP contribution in [0.3, 0.4) is 0 Å². The fraction of sp³-hybridized carbons (Fsp3) is 0.448. The van der Waals surface area contributed by atoms with Crippen LogP contribution in [0.25, 0.3) is 5.76 Å². The Bertz CT molecular complexity index is 1130. The van der Waals surface area contributed by atoms with Crippen molar-refractivity contribution >= 4 is 23.1 Å². The van der Waals surface area contributed by atoms with E-state index >= 15 is 0 Å². The number of rotatable bonds is 13. The van der Waals surface area contributed by atoms with Gasteiger partial charge in [-0.2, -0.15) is 0 Å². The van der Waals surface area contributed by atoms with Gasteiger partial charge in [0.1, 0.15) is 5.76 Å². The van der Waals surface area contributed by atoms with Gasteiger partial charge in [0.05, 0.1) is 16.5 Å². The number of carbonyl (C=O) groups excluding carboxylic acids is 2. The predicted octanol–water partition coefficient (Wildman–Crippen LogP) is 5.62. The first-order valence-corrected chi connectivity index (χ1v) is 13.1. The van der Waals surface area contributed by atoms with Crippen molar-refractivity contribution in [2.45, 2.75) is 58.9 Å². The van der Waals surface area contributed by atoms with E-state index in [1.807, 2.05) is 19.1 Å². The van der Waals surface area contributed by atoms with Crippen LogP contribution in [0.2, 0.25) is 0 Å². The zero-order valence-electron chi connectivity index (χ0n) is 22.0. The number of aliphatic hydroxyl groups excluding tert-OH is 1. The molecule has 0 radical (unpaired) electrons. The SMILES string of the molecule is CCCCN(CCCC)CCCN1C(=O)C(=O)/C(=C(\O)c2ccc(C)cc2)C1c1cccc([N+](=O)[O-])c1. The Morgan fingerprint density at radius 3 is 2.22 bits per heavy atom. The van der Waals surface area contributed by atoms with Gasteiger partial charge in [-0.25, -0.2) is 0 Å². The van der Waals surface area contributed by atoms with Crippen molar-refractivity contribution in [2.75, 3.05) is 26.2 Å². The number of ketones is 1. The third-order valence-corrected chi connectivity index (χ3v) is 6.79. The summed E-state index contributed by atoms with van der Waals surface area (Å²) in [7, 11) is 0. The molecule has 1 heterocycles. The number of unbranched alkanes of at least 4 members (excludes halogenated alkanes) is 2. The highest BCUT2D eigenvalue weighted by molar-refractivity contribution is 6.46. The fourth-order valence-corrected chi connectivity index (χ4v) is 4.70. The molecule has 37 heavy (non-hydrogen) atoms. The second kappa shape index (κ2) is 13.1. The summed E-state index contributed by atoms with van der Waals surface area (Å²) in [5, 5.41) is 22.6. The zero-order chi connectivity index (χ0) is 26.9. The van der Waals surface area contributed by atoms with Crippen molar-refractivity contribution in [3.8, 4) is 0 Å². The van der Waals surface area contributed by atoms with Gasteiger partial charge in [-0.05, 0) is 51.4 Å². The Labute approximate surface area is 218 Å². The van der Waals surface area contributed by atoms with Crippen LogP contribution in [0.5, 0.6) is 0 Å². The maximum absolute atomic E-state index is 13.2. The van der Waals surface area contributed by atoms with E-state index in [1.54, 1.807) is 18.2 Å². The van der Waals surface area contributed by atoms with Gasteiger partial charge in [0.15, 0.2) is 0 Å². The number of benzene rings is 2. The van der Waals surface area contributed by atoms with Gasteiger partial charge in [-0.1, -0.05) is 68.7 Å². The summed E-state index contributed by atoms with van der Waals surface area (Å²) >= 11 is 0. The molecule has 1 saturated heterocycles. The Morgan fingerprint density at radius 1 is 1.00 bits per heavy atom. The zero-order valence-corrected chi connectivity index (χ0v) is 22.0. The highest BCUT2D eigenvalue weighted by Gasteiger charge is 2.46. The van der Waals surface area contributed by atoms with Gasteiger partial charge < -0.3 is 14.9 Å². The van der Waals surface area contributed by atoms with Crippen LogP contribution < -0.4 is 0 Å². The molecular formula is C29H37N3O5. The van der Waals surface area contributed by atoms with E-state index in [1.165, 1.54) is 23.1 Å². The second-order valence-electron chi connectivity index (χ2n) is 9.61. The maximum Gasteiger partial charge on any atom is 0.295 e. The van der Waals surface area contributed by atoms with Crippen LogP contribution in [0, 0.1) is 17.0 Å². The molecule has 0 spiro atoms. The lowest BCUT2D eigenvalue weighted by molar-refractivity contribution is -0.384. The largest absolute Gasteiger partial charge is 0.507 e. The molecule has 0 saturated carbocycles. The first-order chi connectivity index (χ1) is 17.8. The van der Waals surface area contributed by atoms with Crippen LogP contribution >= 0.6 is 0 Å².